The Morgan fingerprint density at radius 1 is 0.875 bits per heavy atom. The van der Waals surface area contributed by atoms with E-state index in [1.807, 2.05) is 6.08 Å². The first-order chi connectivity index (χ1) is 23.5. The second-order valence-electron chi connectivity index (χ2n) is 14.4. The van der Waals surface area contributed by atoms with E-state index in [1.165, 1.54) is 50.6 Å². The van der Waals surface area contributed by atoms with Crippen LogP contribution in [0.4, 0.5) is 17.1 Å². The van der Waals surface area contributed by atoms with Crippen LogP contribution >= 0.6 is 0 Å². The van der Waals surface area contributed by atoms with Crippen molar-refractivity contribution in [1.82, 2.24) is 0 Å². The summed E-state index contributed by atoms with van der Waals surface area (Å²) in [5.41, 5.74) is 12.3. The van der Waals surface area contributed by atoms with E-state index in [2.05, 4.69) is 176 Å². The Morgan fingerprint density at radius 3 is 2.46 bits per heavy atom. The third-order valence-electron chi connectivity index (χ3n) is 11.0. The lowest BCUT2D eigenvalue weighted by molar-refractivity contribution is 0.408. The number of anilines is 3. The van der Waals surface area contributed by atoms with Crippen LogP contribution in [0.2, 0.25) is 0 Å². The Kier molecular flexibility index (Phi) is 7.93. The smallest absolute Gasteiger partial charge is 0.0560 e. The van der Waals surface area contributed by atoms with Gasteiger partial charge in [0, 0.05) is 46.6 Å². The molecule has 48 heavy (non-hydrogen) atoms. The fourth-order valence-electron chi connectivity index (χ4n) is 8.52. The highest BCUT2D eigenvalue weighted by Gasteiger charge is 2.45. The summed E-state index contributed by atoms with van der Waals surface area (Å²) in [6.07, 6.45) is 26.1. The largest absolute Gasteiger partial charge is 0.341 e. The van der Waals surface area contributed by atoms with Gasteiger partial charge in [0.15, 0.2) is 0 Å². The summed E-state index contributed by atoms with van der Waals surface area (Å²) in [6.45, 7) is 8.03. The summed E-state index contributed by atoms with van der Waals surface area (Å²) in [4.78, 5) is 5.05. The van der Waals surface area contributed by atoms with Gasteiger partial charge in [-0.2, -0.15) is 0 Å². The molecule has 1 aliphatic heterocycles. The van der Waals surface area contributed by atoms with Gasteiger partial charge in [0.25, 0.3) is 0 Å². The van der Waals surface area contributed by atoms with Gasteiger partial charge in [-0.3, -0.25) is 0 Å². The van der Waals surface area contributed by atoms with Gasteiger partial charge in [0.05, 0.1) is 6.04 Å². The predicted molar refractivity (Wildman–Crippen MR) is 202 cm³/mol. The van der Waals surface area contributed by atoms with Crippen molar-refractivity contribution in [2.75, 3.05) is 16.3 Å². The van der Waals surface area contributed by atoms with Gasteiger partial charge in [-0.1, -0.05) is 130 Å². The minimum absolute atomic E-state index is 0.000108. The van der Waals surface area contributed by atoms with Crippen LogP contribution in [0.5, 0.6) is 0 Å². The van der Waals surface area contributed by atoms with Crippen LogP contribution in [0.1, 0.15) is 57.1 Å². The van der Waals surface area contributed by atoms with Gasteiger partial charge in [0.1, 0.15) is 0 Å². The first-order valence-electron chi connectivity index (χ1n) is 17.6. The maximum absolute atomic E-state index is 3.55. The molecule has 2 heteroatoms. The molecule has 0 spiro atoms. The summed E-state index contributed by atoms with van der Waals surface area (Å²) in [5, 5.41) is 0. The molecular formula is C46H44N2. The molecule has 0 aromatic heterocycles. The summed E-state index contributed by atoms with van der Waals surface area (Å²) in [5.74, 6) is 7.95. The zero-order chi connectivity index (χ0) is 32.7. The minimum atomic E-state index is 0.000108. The molecule has 4 aliphatic carbocycles. The Labute approximate surface area is 286 Å². The molecule has 2 nitrogen and oxygen atoms in total. The molecule has 4 unspecified atom stereocenters. The normalized spacial score (nSPS) is 26.4. The van der Waals surface area contributed by atoms with E-state index in [9.17, 15) is 0 Å². The van der Waals surface area contributed by atoms with Crippen molar-refractivity contribution in [2.24, 2.45) is 11.8 Å². The molecule has 0 saturated heterocycles. The molecular weight excluding hydrogens is 581 g/mol. The van der Waals surface area contributed by atoms with Crippen LogP contribution in [0.25, 0.3) is 0 Å². The standard InChI is InChI=1S/C46H44N2/c1-33-30-45-35(16-8-4-5-15-29-47(45)36-17-9-6-10-18-36)31-42(33)34-23-25-38(26-24-34)48(37-19-11-7-12-20-37)39-27-28-41-40-21-13-14-22-43(40)46(2,3)44(41)32-39/h4-13,15,17-21,23-25,27-28,31-33,38,40,43H,16,26,29-30H2,1-3H3/b8-4-,15-5-. The minimum Gasteiger partial charge on any atom is -0.341 e. The van der Waals surface area contributed by atoms with Gasteiger partial charge in [0.2, 0.25) is 0 Å². The topological polar surface area (TPSA) is 6.48 Å². The number of allylic oxidation sites excluding steroid dienone is 11. The van der Waals surface area contributed by atoms with E-state index in [4.69, 9.17) is 0 Å². The molecule has 0 bridgehead atoms. The van der Waals surface area contributed by atoms with Crippen molar-refractivity contribution < 1.29 is 0 Å². The van der Waals surface area contributed by atoms with E-state index in [1.54, 1.807) is 0 Å². The van der Waals surface area contributed by atoms with Crippen molar-refractivity contribution >= 4 is 17.1 Å². The number of fused-ring (bicyclic) bond motifs is 3. The van der Waals surface area contributed by atoms with E-state index >= 15 is 0 Å². The molecule has 0 saturated carbocycles. The third kappa shape index (κ3) is 5.42. The zero-order valence-electron chi connectivity index (χ0n) is 28.3. The van der Waals surface area contributed by atoms with Crippen molar-refractivity contribution in [3.63, 3.8) is 0 Å². The molecule has 5 aliphatic rings. The summed E-state index contributed by atoms with van der Waals surface area (Å²) < 4.78 is 0. The first-order valence-corrected chi connectivity index (χ1v) is 17.6. The van der Waals surface area contributed by atoms with Gasteiger partial charge < -0.3 is 9.80 Å². The average molecular weight is 625 g/mol. The van der Waals surface area contributed by atoms with Crippen LogP contribution in [-0.2, 0) is 5.41 Å². The summed E-state index contributed by atoms with van der Waals surface area (Å²) in [6, 6.07) is 29.2. The number of benzene rings is 3. The highest BCUT2D eigenvalue weighted by Crippen LogP contribution is 2.53. The highest BCUT2D eigenvalue weighted by molar-refractivity contribution is 5.69. The van der Waals surface area contributed by atoms with E-state index in [0.29, 0.717) is 17.8 Å². The van der Waals surface area contributed by atoms with Crippen LogP contribution < -0.4 is 9.80 Å². The van der Waals surface area contributed by atoms with Crippen molar-refractivity contribution in [1.29, 1.82) is 0 Å². The van der Waals surface area contributed by atoms with Gasteiger partial charge in [-0.25, -0.2) is 0 Å². The Morgan fingerprint density at radius 2 is 1.67 bits per heavy atom. The van der Waals surface area contributed by atoms with Crippen LogP contribution in [0.15, 0.2) is 162 Å². The quantitative estimate of drug-likeness (QED) is 0.261. The number of para-hydroxylation sites is 2. The molecule has 3 aromatic rings. The zero-order valence-corrected chi connectivity index (χ0v) is 28.3. The number of hydrogen-bond donors (Lipinski definition) is 0. The molecule has 0 fully saturated rings. The van der Waals surface area contributed by atoms with Crippen molar-refractivity contribution in [2.45, 2.75) is 57.4 Å². The Bertz CT molecular complexity index is 1990. The molecule has 1 heterocycles. The lowest BCUT2D eigenvalue weighted by Gasteiger charge is -2.36. The first kappa shape index (κ1) is 30.3. The lowest BCUT2D eigenvalue weighted by Crippen LogP contribution is -2.31. The molecule has 0 radical (unpaired) electrons. The molecule has 8 rings (SSSR count). The summed E-state index contributed by atoms with van der Waals surface area (Å²) in [7, 11) is 0. The Hall–Kier alpha value is -5.00. The van der Waals surface area contributed by atoms with Gasteiger partial charge in [-0.15, -0.1) is 0 Å². The molecule has 0 amide bonds. The SMILES string of the molecule is CC1CC2=C(C=C1C1=CCC(N(c3ccccc3)c3ccc4c(c3)C(C)(C)C3C#CC=CC43)C=C1)C/C=C\C=C/CN2c1ccccc1. The van der Waals surface area contributed by atoms with Crippen LogP contribution in [0, 0.1) is 23.7 Å². The molecule has 0 N–H and O–H groups in total. The third-order valence-corrected chi connectivity index (χ3v) is 11.0. The number of rotatable bonds is 5. The van der Waals surface area contributed by atoms with E-state index in [-0.39, 0.29) is 11.5 Å². The van der Waals surface area contributed by atoms with Gasteiger partial charge in [-0.05, 0) is 95.5 Å². The lowest BCUT2D eigenvalue weighted by atomic mass is 9.75. The second-order valence-corrected chi connectivity index (χ2v) is 14.4. The van der Waals surface area contributed by atoms with E-state index in [0.717, 1.165) is 25.8 Å². The molecule has 4 atom stereocenters. The highest BCUT2D eigenvalue weighted by atomic mass is 15.2. The van der Waals surface area contributed by atoms with Gasteiger partial charge >= 0.3 is 0 Å². The van der Waals surface area contributed by atoms with Crippen molar-refractivity contribution in [3.05, 3.63) is 173 Å². The maximum Gasteiger partial charge on any atom is 0.0560 e. The average Bonchev–Trinajstić information content (AvgIpc) is 3.41. The maximum atomic E-state index is 3.55. The second kappa shape index (κ2) is 12.6. The number of nitrogens with zero attached hydrogens (tertiary/aromatic N) is 2. The predicted octanol–water partition coefficient (Wildman–Crippen LogP) is 10.9. The molecule has 3 aromatic carbocycles. The fraction of sp³-hybridized carbons (Fsp3) is 0.261. The van der Waals surface area contributed by atoms with Crippen LogP contribution in [-0.4, -0.2) is 12.6 Å². The monoisotopic (exact) mass is 624 g/mol. The Balaban J connectivity index is 1.11. The van der Waals surface area contributed by atoms with E-state index < -0.39 is 0 Å². The molecule has 238 valence electrons. The number of hydrogen-bond acceptors (Lipinski definition) is 2. The fourth-order valence-corrected chi connectivity index (χ4v) is 8.52. The van der Waals surface area contributed by atoms with Crippen molar-refractivity contribution in [3.8, 4) is 11.8 Å². The summed E-state index contributed by atoms with van der Waals surface area (Å²) >= 11 is 0. The van der Waals surface area contributed by atoms with Crippen LogP contribution in [0.3, 0.4) is 0 Å².